The van der Waals surface area contributed by atoms with Crippen molar-refractivity contribution in [2.24, 2.45) is 0 Å². The second kappa shape index (κ2) is 5.78. The summed E-state index contributed by atoms with van der Waals surface area (Å²) in [6.45, 7) is 2.67. The van der Waals surface area contributed by atoms with Crippen LogP contribution in [0.25, 0.3) is 0 Å². The van der Waals surface area contributed by atoms with Gasteiger partial charge in [-0.3, -0.25) is 0 Å². The van der Waals surface area contributed by atoms with Gasteiger partial charge in [0, 0.05) is 11.1 Å². The van der Waals surface area contributed by atoms with E-state index in [0.717, 1.165) is 6.42 Å². The molecule has 0 amide bonds. The third-order valence-electron chi connectivity index (χ3n) is 2.76. The van der Waals surface area contributed by atoms with Crippen LogP contribution in [0.15, 0.2) is 41.2 Å². The van der Waals surface area contributed by atoms with Crippen molar-refractivity contribution in [2.75, 3.05) is 6.54 Å². The van der Waals surface area contributed by atoms with Gasteiger partial charge in [0.05, 0.1) is 18.6 Å². The molecule has 2 rings (SSSR count). The molecular formula is C14H15F2NO. The van der Waals surface area contributed by atoms with E-state index in [4.69, 9.17) is 4.42 Å². The van der Waals surface area contributed by atoms with Crippen LogP contribution < -0.4 is 5.32 Å². The van der Waals surface area contributed by atoms with Crippen LogP contribution in [-0.2, 0) is 0 Å². The molecule has 0 aliphatic carbocycles. The summed E-state index contributed by atoms with van der Waals surface area (Å²) in [4.78, 5) is 0. The Balaban J connectivity index is 2.40. The Bertz CT molecular complexity index is 476. The highest BCUT2D eigenvalue weighted by Crippen LogP contribution is 2.27. The van der Waals surface area contributed by atoms with E-state index in [-0.39, 0.29) is 5.56 Å². The summed E-state index contributed by atoms with van der Waals surface area (Å²) < 4.78 is 32.6. The lowest BCUT2D eigenvalue weighted by molar-refractivity contribution is 0.497. The zero-order valence-corrected chi connectivity index (χ0v) is 10.1. The quantitative estimate of drug-likeness (QED) is 0.877. The van der Waals surface area contributed by atoms with Gasteiger partial charge in [-0.15, -0.1) is 0 Å². The number of rotatable bonds is 5. The third kappa shape index (κ3) is 2.59. The molecule has 0 saturated carbocycles. The summed E-state index contributed by atoms with van der Waals surface area (Å²) in [6, 6.07) is 5.07. The van der Waals surface area contributed by atoms with Crippen molar-refractivity contribution in [1.82, 2.24) is 5.32 Å². The van der Waals surface area contributed by atoms with Crippen LogP contribution in [-0.4, -0.2) is 6.54 Å². The first-order valence-electron chi connectivity index (χ1n) is 5.93. The lowest BCUT2D eigenvalue weighted by Crippen LogP contribution is -2.24. The third-order valence-corrected chi connectivity index (χ3v) is 2.76. The Labute approximate surface area is 105 Å². The van der Waals surface area contributed by atoms with E-state index in [1.165, 1.54) is 30.7 Å². The number of halogens is 2. The zero-order valence-electron chi connectivity index (χ0n) is 10.1. The summed E-state index contributed by atoms with van der Waals surface area (Å²) in [5.41, 5.74) is 0.750. The van der Waals surface area contributed by atoms with Gasteiger partial charge in [0.2, 0.25) is 0 Å². The summed E-state index contributed by atoms with van der Waals surface area (Å²) in [5.74, 6) is -1.10. The van der Waals surface area contributed by atoms with Gasteiger partial charge in [-0.05, 0) is 31.2 Å². The molecule has 0 radical (unpaired) electrons. The molecule has 0 aliphatic heterocycles. The topological polar surface area (TPSA) is 25.2 Å². The molecule has 1 atom stereocenters. The fourth-order valence-corrected chi connectivity index (χ4v) is 1.90. The molecule has 4 heteroatoms. The normalized spacial score (nSPS) is 12.6. The lowest BCUT2D eigenvalue weighted by Gasteiger charge is -2.18. The molecule has 1 N–H and O–H groups in total. The summed E-state index contributed by atoms with van der Waals surface area (Å²) in [6.07, 6.45) is 3.87. The highest BCUT2D eigenvalue weighted by atomic mass is 19.1. The van der Waals surface area contributed by atoms with Crippen molar-refractivity contribution in [3.8, 4) is 0 Å². The Morgan fingerprint density at radius 2 is 1.94 bits per heavy atom. The van der Waals surface area contributed by atoms with Crippen LogP contribution >= 0.6 is 0 Å². The molecule has 2 aromatic rings. The first kappa shape index (κ1) is 12.8. The fraction of sp³-hybridized carbons (Fsp3) is 0.286. The SMILES string of the molecule is CCCNC(c1ccoc1)c1c(F)cccc1F. The summed E-state index contributed by atoms with van der Waals surface area (Å²) in [7, 11) is 0. The van der Waals surface area contributed by atoms with E-state index in [1.54, 1.807) is 6.07 Å². The number of furan rings is 1. The molecule has 0 spiro atoms. The standard InChI is InChI=1S/C14H15F2NO/c1-2-7-17-14(10-6-8-18-9-10)13-11(15)4-3-5-12(13)16/h3-6,8-9,14,17H,2,7H2,1H3. The Hall–Kier alpha value is -1.68. The number of nitrogens with one attached hydrogen (secondary N) is 1. The van der Waals surface area contributed by atoms with Crippen molar-refractivity contribution in [1.29, 1.82) is 0 Å². The molecule has 1 unspecified atom stereocenters. The van der Waals surface area contributed by atoms with Gasteiger partial charge in [-0.1, -0.05) is 13.0 Å². The molecule has 2 nitrogen and oxygen atoms in total. The maximum absolute atomic E-state index is 13.8. The van der Waals surface area contributed by atoms with Crippen molar-refractivity contribution in [3.05, 3.63) is 59.6 Å². The molecule has 0 bridgehead atoms. The average molecular weight is 251 g/mol. The van der Waals surface area contributed by atoms with Crippen molar-refractivity contribution in [2.45, 2.75) is 19.4 Å². The van der Waals surface area contributed by atoms with E-state index in [0.29, 0.717) is 12.1 Å². The minimum Gasteiger partial charge on any atom is -0.472 e. The molecule has 96 valence electrons. The van der Waals surface area contributed by atoms with Crippen LogP contribution in [0.3, 0.4) is 0 Å². The minimum atomic E-state index is -0.551. The second-order valence-electron chi connectivity index (χ2n) is 4.08. The van der Waals surface area contributed by atoms with Crippen LogP contribution in [0.2, 0.25) is 0 Å². The van der Waals surface area contributed by atoms with Crippen molar-refractivity contribution >= 4 is 0 Å². The molecule has 0 saturated heterocycles. The summed E-state index contributed by atoms with van der Waals surface area (Å²) >= 11 is 0. The minimum absolute atomic E-state index is 0.0346. The molecule has 18 heavy (non-hydrogen) atoms. The van der Waals surface area contributed by atoms with E-state index < -0.39 is 17.7 Å². The molecule has 0 fully saturated rings. The van der Waals surface area contributed by atoms with E-state index in [2.05, 4.69) is 5.32 Å². The van der Waals surface area contributed by atoms with Crippen LogP contribution in [0.1, 0.15) is 30.5 Å². The van der Waals surface area contributed by atoms with Gasteiger partial charge >= 0.3 is 0 Å². The highest BCUT2D eigenvalue weighted by molar-refractivity contribution is 5.31. The number of hydrogen-bond acceptors (Lipinski definition) is 2. The van der Waals surface area contributed by atoms with Gasteiger partial charge in [-0.25, -0.2) is 8.78 Å². The van der Waals surface area contributed by atoms with Gasteiger partial charge < -0.3 is 9.73 Å². The maximum atomic E-state index is 13.8. The van der Waals surface area contributed by atoms with Crippen molar-refractivity contribution < 1.29 is 13.2 Å². The average Bonchev–Trinajstić information content (AvgIpc) is 2.86. The molecule has 1 aromatic carbocycles. The number of benzene rings is 1. The maximum Gasteiger partial charge on any atom is 0.131 e. The second-order valence-corrected chi connectivity index (χ2v) is 4.08. The van der Waals surface area contributed by atoms with E-state index in [9.17, 15) is 8.78 Å². The van der Waals surface area contributed by atoms with Gasteiger partial charge in [0.25, 0.3) is 0 Å². The Morgan fingerprint density at radius 1 is 1.22 bits per heavy atom. The van der Waals surface area contributed by atoms with Crippen molar-refractivity contribution in [3.63, 3.8) is 0 Å². The lowest BCUT2D eigenvalue weighted by atomic mass is 10.00. The largest absolute Gasteiger partial charge is 0.472 e. The Kier molecular flexibility index (Phi) is 4.10. The molecular weight excluding hydrogens is 236 g/mol. The van der Waals surface area contributed by atoms with Crippen LogP contribution in [0.5, 0.6) is 0 Å². The smallest absolute Gasteiger partial charge is 0.131 e. The number of hydrogen-bond donors (Lipinski definition) is 1. The predicted octanol–water partition coefficient (Wildman–Crippen LogP) is 3.65. The molecule has 1 heterocycles. The zero-order chi connectivity index (χ0) is 13.0. The Morgan fingerprint density at radius 3 is 2.50 bits per heavy atom. The van der Waals surface area contributed by atoms with Gasteiger partial charge in [-0.2, -0.15) is 0 Å². The monoisotopic (exact) mass is 251 g/mol. The summed E-state index contributed by atoms with van der Waals surface area (Å²) in [5, 5.41) is 3.13. The first-order valence-corrected chi connectivity index (χ1v) is 5.93. The van der Waals surface area contributed by atoms with E-state index >= 15 is 0 Å². The van der Waals surface area contributed by atoms with Crippen LogP contribution in [0.4, 0.5) is 8.78 Å². The molecule has 1 aromatic heterocycles. The first-order chi connectivity index (χ1) is 8.74. The van der Waals surface area contributed by atoms with E-state index in [1.807, 2.05) is 6.92 Å². The van der Waals surface area contributed by atoms with Gasteiger partial charge in [0.15, 0.2) is 0 Å². The van der Waals surface area contributed by atoms with Gasteiger partial charge in [0.1, 0.15) is 11.6 Å². The predicted molar refractivity (Wildman–Crippen MR) is 65.2 cm³/mol. The molecule has 0 aliphatic rings. The van der Waals surface area contributed by atoms with Crippen LogP contribution in [0, 0.1) is 11.6 Å². The fourth-order valence-electron chi connectivity index (χ4n) is 1.90. The highest BCUT2D eigenvalue weighted by Gasteiger charge is 2.21.